The highest BCUT2D eigenvalue weighted by Gasteiger charge is 2.16. The second-order valence-corrected chi connectivity index (χ2v) is 5.46. The van der Waals surface area contributed by atoms with Gasteiger partial charge in [-0.1, -0.05) is 0 Å². The molecule has 0 saturated carbocycles. The molecule has 4 nitrogen and oxygen atoms in total. The topological polar surface area (TPSA) is 39.1 Å². The van der Waals surface area contributed by atoms with E-state index in [0.29, 0.717) is 12.1 Å². The molecule has 1 aromatic heterocycles. The molecule has 1 N–H and O–H groups in total. The number of ether oxygens (including phenoxy) is 1. The fraction of sp³-hybridized carbons (Fsp3) is 0.800. The molecule has 108 valence electrons. The fourth-order valence-corrected chi connectivity index (χ4v) is 2.74. The Kier molecular flexibility index (Phi) is 5.86. The van der Waals surface area contributed by atoms with E-state index in [4.69, 9.17) is 4.74 Å². The van der Waals surface area contributed by atoms with E-state index in [9.17, 15) is 0 Å². The third-order valence-electron chi connectivity index (χ3n) is 4.01. The number of nitrogens with zero attached hydrogens (tertiary/aromatic N) is 2. The number of hydrogen-bond acceptors (Lipinski definition) is 3. The van der Waals surface area contributed by atoms with Crippen LogP contribution in [-0.2, 0) is 17.7 Å². The van der Waals surface area contributed by atoms with Gasteiger partial charge in [0.2, 0.25) is 0 Å². The van der Waals surface area contributed by atoms with E-state index in [0.717, 1.165) is 19.6 Å². The van der Waals surface area contributed by atoms with Gasteiger partial charge < -0.3 is 10.1 Å². The number of hydrogen-bond donors (Lipinski definition) is 1. The summed E-state index contributed by atoms with van der Waals surface area (Å²) < 4.78 is 7.79. The second-order valence-electron chi connectivity index (χ2n) is 5.46. The van der Waals surface area contributed by atoms with Crippen molar-refractivity contribution in [2.45, 2.75) is 64.1 Å². The third-order valence-corrected chi connectivity index (χ3v) is 4.01. The first kappa shape index (κ1) is 14.5. The van der Waals surface area contributed by atoms with Gasteiger partial charge in [0.05, 0.1) is 12.3 Å². The quantitative estimate of drug-likeness (QED) is 0.822. The lowest BCUT2D eigenvalue weighted by molar-refractivity contribution is 0.00870. The van der Waals surface area contributed by atoms with Crippen LogP contribution < -0.4 is 5.32 Å². The predicted molar refractivity (Wildman–Crippen MR) is 77.3 cm³/mol. The summed E-state index contributed by atoms with van der Waals surface area (Å²) in [5.74, 6) is 0. The molecule has 1 aliphatic rings. The fourth-order valence-electron chi connectivity index (χ4n) is 2.74. The van der Waals surface area contributed by atoms with Crippen molar-refractivity contribution in [3.05, 3.63) is 18.0 Å². The minimum Gasteiger partial charge on any atom is -0.378 e. The molecule has 2 unspecified atom stereocenters. The van der Waals surface area contributed by atoms with Gasteiger partial charge >= 0.3 is 0 Å². The van der Waals surface area contributed by atoms with Crippen LogP contribution in [0, 0.1) is 0 Å². The van der Waals surface area contributed by atoms with Gasteiger partial charge in [-0.3, -0.25) is 4.68 Å². The molecule has 0 bridgehead atoms. The lowest BCUT2D eigenvalue weighted by atomic mass is 9.98. The Morgan fingerprint density at radius 2 is 2.42 bits per heavy atom. The number of aryl methyl sites for hydroxylation is 1. The van der Waals surface area contributed by atoms with Gasteiger partial charge in [-0.25, -0.2) is 0 Å². The van der Waals surface area contributed by atoms with E-state index in [-0.39, 0.29) is 0 Å². The minimum atomic E-state index is 0.489. The first-order valence-electron chi connectivity index (χ1n) is 7.62. The van der Waals surface area contributed by atoms with E-state index in [1.54, 1.807) is 0 Å². The number of likely N-dealkylation sites (N-methyl/N-ethyl adjacent to an activating group) is 1. The van der Waals surface area contributed by atoms with E-state index >= 15 is 0 Å². The zero-order valence-electron chi connectivity index (χ0n) is 12.3. The van der Waals surface area contributed by atoms with Crippen molar-refractivity contribution in [1.29, 1.82) is 0 Å². The molecule has 2 atom stereocenters. The second kappa shape index (κ2) is 7.65. The summed E-state index contributed by atoms with van der Waals surface area (Å²) in [6.45, 7) is 4.02. The lowest BCUT2D eigenvalue weighted by Crippen LogP contribution is -2.30. The summed E-state index contributed by atoms with van der Waals surface area (Å²) in [4.78, 5) is 0. The van der Waals surface area contributed by atoms with Crippen LogP contribution in [0.1, 0.15) is 44.6 Å². The maximum Gasteiger partial charge on any atom is 0.0575 e. The molecule has 1 aliphatic heterocycles. The van der Waals surface area contributed by atoms with Gasteiger partial charge in [0.25, 0.3) is 0 Å². The summed E-state index contributed by atoms with van der Waals surface area (Å²) in [7, 11) is 2.05. The monoisotopic (exact) mass is 265 g/mol. The Bertz CT molecular complexity index is 358. The Hall–Kier alpha value is -0.870. The van der Waals surface area contributed by atoms with Crippen molar-refractivity contribution in [1.82, 2.24) is 15.1 Å². The zero-order valence-corrected chi connectivity index (χ0v) is 12.3. The highest BCUT2D eigenvalue weighted by Crippen LogP contribution is 2.18. The Morgan fingerprint density at radius 1 is 1.53 bits per heavy atom. The average molecular weight is 265 g/mol. The van der Waals surface area contributed by atoms with Crippen molar-refractivity contribution in [2.24, 2.45) is 0 Å². The maximum atomic E-state index is 5.80. The van der Waals surface area contributed by atoms with Gasteiger partial charge in [-0.2, -0.15) is 5.10 Å². The molecule has 0 aromatic carbocycles. The molecule has 2 heterocycles. The highest BCUT2D eigenvalue weighted by atomic mass is 16.5. The normalized spacial score (nSPS) is 21.5. The minimum absolute atomic E-state index is 0.489. The van der Waals surface area contributed by atoms with Gasteiger partial charge in [-0.05, 0) is 58.1 Å². The average Bonchev–Trinajstić information content (AvgIpc) is 2.92. The van der Waals surface area contributed by atoms with Crippen molar-refractivity contribution >= 4 is 0 Å². The van der Waals surface area contributed by atoms with Gasteiger partial charge in [0.1, 0.15) is 0 Å². The summed E-state index contributed by atoms with van der Waals surface area (Å²) in [5, 5.41) is 7.76. The summed E-state index contributed by atoms with van der Waals surface area (Å²) in [5.41, 5.74) is 1.32. The lowest BCUT2D eigenvalue weighted by Gasteiger charge is -2.24. The van der Waals surface area contributed by atoms with Crippen molar-refractivity contribution in [3.63, 3.8) is 0 Å². The van der Waals surface area contributed by atoms with Crippen LogP contribution >= 0.6 is 0 Å². The number of rotatable bonds is 7. The molecular weight excluding hydrogens is 238 g/mol. The Morgan fingerprint density at radius 3 is 3.05 bits per heavy atom. The smallest absolute Gasteiger partial charge is 0.0575 e. The molecule has 1 aromatic rings. The molecule has 0 amide bonds. The molecule has 1 saturated heterocycles. The van der Waals surface area contributed by atoms with Crippen LogP contribution in [0.15, 0.2) is 12.4 Å². The largest absolute Gasteiger partial charge is 0.378 e. The zero-order chi connectivity index (χ0) is 13.5. The molecule has 1 fully saturated rings. The molecule has 0 radical (unpaired) electrons. The molecular formula is C15H27N3O. The van der Waals surface area contributed by atoms with E-state index in [1.165, 1.54) is 37.7 Å². The first-order valence-corrected chi connectivity index (χ1v) is 7.62. The first-order chi connectivity index (χ1) is 9.31. The van der Waals surface area contributed by atoms with Gasteiger partial charge in [0, 0.05) is 25.4 Å². The van der Waals surface area contributed by atoms with Crippen LogP contribution in [0.25, 0.3) is 0 Å². The molecule has 4 heteroatoms. The molecule has 19 heavy (non-hydrogen) atoms. The summed E-state index contributed by atoms with van der Waals surface area (Å²) in [6.07, 6.45) is 11.9. The molecule has 0 spiro atoms. The van der Waals surface area contributed by atoms with Crippen molar-refractivity contribution in [3.8, 4) is 0 Å². The highest BCUT2D eigenvalue weighted by molar-refractivity contribution is 5.06. The Labute approximate surface area is 116 Å². The van der Waals surface area contributed by atoms with E-state index in [2.05, 4.69) is 30.6 Å². The van der Waals surface area contributed by atoms with Crippen molar-refractivity contribution < 1.29 is 4.74 Å². The predicted octanol–water partition coefficient (Wildman–Crippen LogP) is 2.38. The van der Waals surface area contributed by atoms with Crippen LogP contribution in [0.5, 0.6) is 0 Å². The van der Waals surface area contributed by atoms with Gasteiger partial charge in [0.15, 0.2) is 0 Å². The maximum absolute atomic E-state index is 5.80. The molecule has 0 aliphatic carbocycles. The van der Waals surface area contributed by atoms with Crippen LogP contribution in [0.2, 0.25) is 0 Å². The van der Waals surface area contributed by atoms with Crippen LogP contribution in [0.3, 0.4) is 0 Å². The van der Waals surface area contributed by atoms with E-state index in [1.807, 2.05) is 10.9 Å². The van der Waals surface area contributed by atoms with Crippen LogP contribution in [-0.4, -0.2) is 35.6 Å². The SMILES string of the molecule is CCn1cc(CC(CCC2CCCCO2)NC)cn1. The Balaban J connectivity index is 1.75. The number of nitrogens with one attached hydrogen (secondary N) is 1. The van der Waals surface area contributed by atoms with Crippen LogP contribution in [0.4, 0.5) is 0 Å². The summed E-state index contributed by atoms with van der Waals surface area (Å²) >= 11 is 0. The van der Waals surface area contributed by atoms with Crippen molar-refractivity contribution in [2.75, 3.05) is 13.7 Å². The third kappa shape index (κ3) is 4.62. The van der Waals surface area contributed by atoms with Gasteiger partial charge in [-0.15, -0.1) is 0 Å². The number of aromatic nitrogens is 2. The van der Waals surface area contributed by atoms with E-state index < -0.39 is 0 Å². The standard InChI is InChI=1S/C15H27N3O/c1-3-18-12-13(11-17-18)10-14(16-2)7-8-15-6-4-5-9-19-15/h11-12,14-16H,3-10H2,1-2H3. The molecule has 2 rings (SSSR count). The summed E-state index contributed by atoms with van der Waals surface area (Å²) in [6, 6.07) is 0.528.